The number of benzene rings is 1. The van der Waals surface area contributed by atoms with Crippen molar-refractivity contribution in [3.63, 3.8) is 0 Å². The molecule has 0 aliphatic rings. The zero-order chi connectivity index (χ0) is 13.3. The molecular formula is C14H17NO3. The number of fused-ring (bicyclic) bond motifs is 1. The Balaban J connectivity index is 2.38. The second-order valence-corrected chi connectivity index (χ2v) is 5.22. The molecule has 96 valence electrons. The van der Waals surface area contributed by atoms with E-state index in [1.807, 2.05) is 39.0 Å². The summed E-state index contributed by atoms with van der Waals surface area (Å²) in [5.41, 5.74) is 1.09. The van der Waals surface area contributed by atoms with Crippen LogP contribution in [0.1, 0.15) is 26.3 Å². The van der Waals surface area contributed by atoms with Crippen LogP contribution < -0.4 is 0 Å². The first-order chi connectivity index (χ1) is 8.40. The monoisotopic (exact) mass is 247 g/mol. The summed E-state index contributed by atoms with van der Waals surface area (Å²) < 4.78 is 6.80. The Bertz CT molecular complexity index is 578. The molecule has 0 radical (unpaired) electrons. The van der Waals surface area contributed by atoms with Gasteiger partial charge in [0, 0.05) is 11.6 Å². The Hall–Kier alpha value is -1.81. The van der Waals surface area contributed by atoms with E-state index >= 15 is 0 Å². The van der Waals surface area contributed by atoms with E-state index in [0.717, 1.165) is 16.5 Å². The summed E-state index contributed by atoms with van der Waals surface area (Å²) in [5.74, 6) is 0. The summed E-state index contributed by atoms with van der Waals surface area (Å²) in [6, 6.07) is 7.29. The standard InChI is InChI=1S/C14H17NO3/c1-14(2,3)18-13(17)15-7-6-11-8-10(9-16)4-5-12(11)15/h4-8,16H,9H2,1-3H3. The summed E-state index contributed by atoms with van der Waals surface area (Å²) >= 11 is 0. The number of aliphatic hydroxyl groups excluding tert-OH is 1. The minimum absolute atomic E-state index is 0.00639. The van der Waals surface area contributed by atoms with E-state index < -0.39 is 11.7 Å². The van der Waals surface area contributed by atoms with Crippen LogP contribution in [0.2, 0.25) is 0 Å². The van der Waals surface area contributed by atoms with Gasteiger partial charge in [-0.05, 0) is 44.5 Å². The fourth-order valence-electron chi connectivity index (χ4n) is 1.76. The highest BCUT2D eigenvalue weighted by Gasteiger charge is 2.18. The first-order valence-electron chi connectivity index (χ1n) is 5.85. The third-order valence-electron chi connectivity index (χ3n) is 2.53. The normalized spacial score (nSPS) is 11.8. The van der Waals surface area contributed by atoms with Crippen molar-refractivity contribution in [2.24, 2.45) is 0 Å². The number of rotatable bonds is 1. The lowest BCUT2D eigenvalue weighted by molar-refractivity contribution is 0.0544. The average molecular weight is 247 g/mol. The van der Waals surface area contributed by atoms with Crippen molar-refractivity contribution < 1.29 is 14.6 Å². The largest absolute Gasteiger partial charge is 0.443 e. The highest BCUT2D eigenvalue weighted by Crippen LogP contribution is 2.19. The molecule has 0 saturated carbocycles. The lowest BCUT2D eigenvalue weighted by Crippen LogP contribution is -2.26. The third kappa shape index (κ3) is 2.54. The molecule has 18 heavy (non-hydrogen) atoms. The zero-order valence-corrected chi connectivity index (χ0v) is 10.8. The number of ether oxygens (including phenoxy) is 1. The summed E-state index contributed by atoms with van der Waals surface area (Å²) in [6.45, 7) is 5.49. The molecule has 0 unspecified atom stereocenters. The fraction of sp³-hybridized carbons (Fsp3) is 0.357. The lowest BCUT2D eigenvalue weighted by atomic mass is 10.2. The van der Waals surface area contributed by atoms with Crippen molar-refractivity contribution in [2.45, 2.75) is 33.0 Å². The van der Waals surface area contributed by atoms with Crippen LogP contribution in [-0.2, 0) is 11.3 Å². The average Bonchev–Trinajstić information content (AvgIpc) is 2.69. The van der Waals surface area contributed by atoms with Crippen molar-refractivity contribution in [2.75, 3.05) is 0 Å². The van der Waals surface area contributed by atoms with E-state index in [-0.39, 0.29) is 6.61 Å². The quantitative estimate of drug-likeness (QED) is 0.843. The molecule has 0 saturated heterocycles. The van der Waals surface area contributed by atoms with E-state index in [1.54, 1.807) is 12.3 Å². The second kappa shape index (κ2) is 4.46. The molecule has 0 fully saturated rings. The summed E-state index contributed by atoms with van der Waals surface area (Å²) in [6.07, 6.45) is 1.29. The molecule has 0 amide bonds. The Morgan fingerprint density at radius 2 is 2.06 bits per heavy atom. The van der Waals surface area contributed by atoms with Crippen molar-refractivity contribution >= 4 is 17.0 Å². The van der Waals surface area contributed by atoms with Gasteiger partial charge in [-0.3, -0.25) is 4.57 Å². The number of aromatic nitrogens is 1. The van der Waals surface area contributed by atoms with Crippen LogP contribution in [0.4, 0.5) is 4.79 Å². The Morgan fingerprint density at radius 3 is 2.67 bits per heavy atom. The molecule has 0 aliphatic carbocycles. The van der Waals surface area contributed by atoms with E-state index in [2.05, 4.69) is 0 Å². The molecule has 0 aliphatic heterocycles. The van der Waals surface area contributed by atoms with Gasteiger partial charge in [0.05, 0.1) is 12.1 Å². The topological polar surface area (TPSA) is 51.5 Å². The van der Waals surface area contributed by atoms with Gasteiger partial charge < -0.3 is 9.84 Å². The van der Waals surface area contributed by atoms with Crippen LogP contribution in [0.5, 0.6) is 0 Å². The zero-order valence-electron chi connectivity index (χ0n) is 10.8. The van der Waals surface area contributed by atoms with E-state index in [1.165, 1.54) is 4.57 Å². The van der Waals surface area contributed by atoms with Crippen molar-refractivity contribution in [3.8, 4) is 0 Å². The summed E-state index contributed by atoms with van der Waals surface area (Å²) in [7, 11) is 0. The summed E-state index contributed by atoms with van der Waals surface area (Å²) in [5, 5.41) is 9.98. The minimum atomic E-state index is -0.515. The van der Waals surface area contributed by atoms with Gasteiger partial charge in [-0.25, -0.2) is 4.79 Å². The van der Waals surface area contributed by atoms with Crippen molar-refractivity contribution in [1.29, 1.82) is 0 Å². The molecule has 2 rings (SSSR count). The molecule has 1 aromatic heterocycles. The molecule has 1 N–H and O–H groups in total. The summed E-state index contributed by atoms with van der Waals surface area (Å²) in [4.78, 5) is 12.0. The van der Waals surface area contributed by atoms with E-state index in [9.17, 15) is 4.79 Å². The maximum Gasteiger partial charge on any atom is 0.418 e. The molecule has 2 aromatic rings. The Morgan fingerprint density at radius 1 is 1.33 bits per heavy atom. The van der Waals surface area contributed by atoms with Crippen LogP contribution in [0.25, 0.3) is 10.9 Å². The fourth-order valence-corrected chi connectivity index (χ4v) is 1.76. The Labute approximate surface area is 106 Å². The molecule has 0 spiro atoms. The van der Waals surface area contributed by atoms with Crippen molar-refractivity contribution in [1.82, 2.24) is 4.57 Å². The van der Waals surface area contributed by atoms with Crippen LogP contribution >= 0.6 is 0 Å². The van der Waals surface area contributed by atoms with Gasteiger partial charge in [0.2, 0.25) is 0 Å². The molecule has 0 atom stereocenters. The third-order valence-corrected chi connectivity index (χ3v) is 2.53. The molecule has 1 heterocycles. The van der Waals surface area contributed by atoms with Crippen molar-refractivity contribution in [3.05, 3.63) is 36.0 Å². The Kier molecular flexibility index (Phi) is 3.13. The maximum absolute atomic E-state index is 12.0. The maximum atomic E-state index is 12.0. The van der Waals surface area contributed by atoms with Gasteiger partial charge in [0.15, 0.2) is 0 Å². The molecule has 1 aromatic carbocycles. The SMILES string of the molecule is CC(C)(C)OC(=O)n1ccc2cc(CO)ccc21. The highest BCUT2D eigenvalue weighted by atomic mass is 16.6. The number of carbonyl (C=O) groups is 1. The van der Waals surface area contributed by atoms with Gasteiger partial charge in [-0.2, -0.15) is 0 Å². The van der Waals surface area contributed by atoms with Crippen LogP contribution in [0.15, 0.2) is 30.5 Å². The van der Waals surface area contributed by atoms with E-state index in [0.29, 0.717) is 0 Å². The number of nitrogens with zero attached hydrogens (tertiary/aromatic N) is 1. The second-order valence-electron chi connectivity index (χ2n) is 5.22. The number of carbonyl (C=O) groups excluding carboxylic acids is 1. The predicted molar refractivity (Wildman–Crippen MR) is 69.5 cm³/mol. The first-order valence-corrected chi connectivity index (χ1v) is 5.85. The highest BCUT2D eigenvalue weighted by molar-refractivity contribution is 5.89. The number of hydrogen-bond donors (Lipinski definition) is 1. The van der Waals surface area contributed by atoms with Crippen LogP contribution in [-0.4, -0.2) is 21.4 Å². The van der Waals surface area contributed by atoms with Gasteiger partial charge in [0.25, 0.3) is 0 Å². The number of aliphatic hydroxyl groups is 1. The lowest BCUT2D eigenvalue weighted by Gasteiger charge is -2.19. The number of hydrogen-bond acceptors (Lipinski definition) is 3. The van der Waals surface area contributed by atoms with E-state index in [4.69, 9.17) is 9.84 Å². The van der Waals surface area contributed by atoms with Gasteiger partial charge >= 0.3 is 6.09 Å². The molecular weight excluding hydrogens is 230 g/mol. The van der Waals surface area contributed by atoms with Crippen LogP contribution in [0.3, 0.4) is 0 Å². The van der Waals surface area contributed by atoms with Gasteiger partial charge in [-0.1, -0.05) is 6.07 Å². The predicted octanol–water partition coefficient (Wildman–Crippen LogP) is 2.92. The molecule has 4 heteroatoms. The minimum Gasteiger partial charge on any atom is -0.443 e. The van der Waals surface area contributed by atoms with Crippen LogP contribution in [0, 0.1) is 0 Å². The van der Waals surface area contributed by atoms with Gasteiger partial charge in [0.1, 0.15) is 5.60 Å². The first kappa shape index (κ1) is 12.6. The smallest absolute Gasteiger partial charge is 0.418 e. The molecule has 4 nitrogen and oxygen atoms in total. The molecule has 0 bridgehead atoms. The van der Waals surface area contributed by atoms with Gasteiger partial charge in [-0.15, -0.1) is 0 Å².